The van der Waals surface area contributed by atoms with E-state index in [1.165, 1.54) is 6.21 Å². The molecule has 0 aliphatic heterocycles. The number of hydrogen-bond donors (Lipinski definition) is 2. The van der Waals surface area contributed by atoms with Crippen LogP contribution in [0.15, 0.2) is 59.7 Å². The molecule has 0 bridgehead atoms. The van der Waals surface area contributed by atoms with Gasteiger partial charge in [0.25, 0.3) is 11.8 Å². The van der Waals surface area contributed by atoms with Crippen LogP contribution in [0.2, 0.25) is 5.15 Å². The van der Waals surface area contributed by atoms with Crippen molar-refractivity contribution in [2.75, 3.05) is 13.2 Å². The summed E-state index contributed by atoms with van der Waals surface area (Å²) in [6.07, 6.45) is 1.41. The van der Waals surface area contributed by atoms with E-state index in [-0.39, 0.29) is 17.6 Å². The van der Waals surface area contributed by atoms with Crippen LogP contribution >= 0.6 is 11.6 Å². The van der Waals surface area contributed by atoms with Gasteiger partial charge in [-0.25, -0.2) is 10.4 Å². The quantitative estimate of drug-likeness (QED) is 0.355. The Balaban J connectivity index is 1.52. The second kappa shape index (κ2) is 9.66. The molecule has 3 aromatic rings. The van der Waals surface area contributed by atoms with Crippen molar-refractivity contribution in [2.45, 2.75) is 6.92 Å². The number of aromatic nitrogens is 1. The van der Waals surface area contributed by atoms with Gasteiger partial charge in [-0.2, -0.15) is 5.10 Å². The summed E-state index contributed by atoms with van der Waals surface area (Å²) in [5.74, 6) is -0.155. The van der Waals surface area contributed by atoms with Crippen LogP contribution in [0.4, 0.5) is 0 Å². The molecule has 29 heavy (non-hydrogen) atoms. The molecule has 0 saturated carbocycles. The SMILES string of the molecule is CCOc1ccc(C(=O)NCC(=O)N/N=C\c2cc3ccccc3nc2Cl)cc1. The summed E-state index contributed by atoms with van der Waals surface area (Å²) in [7, 11) is 0. The minimum atomic E-state index is -0.467. The fourth-order valence-corrected chi connectivity index (χ4v) is 2.74. The first kappa shape index (κ1) is 20.3. The first-order valence-corrected chi connectivity index (χ1v) is 9.33. The van der Waals surface area contributed by atoms with Gasteiger partial charge in [0.15, 0.2) is 0 Å². The van der Waals surface area contributed by atoms with E-state index in [4.69, 9.17) is 16.3 Å². The van der Waals surface area contributed by atoms with Gasteiger partial charge in [0, 0.05) is 16.5 Å². The minimum Gasteiger partial charge on any atom is -0.494 e. The Bertz CT molecular complexity index is 1050. The molecule has 0 atom stereocenters. The third-order valence-corrected chi connectivity index (χ3v) is 4.24. The number of fused-ring (bicyclic) bond motifs is 1. The fraction of sp³-hybridized carbons (Fsp3) is 0.143. The molecule has 8 heteroatoms. The molecule has 2 amide bonds. The van der Waals surface area contributed by atoms with E-state index in [2.05, 4.69) is 20.8 Å². The largest absolute Gasteiger partial charge is 0.494 e. The molecule has 0 spiro atoms. The second-order valence-corrected chi connectivity index (χ2v) is 6.35. The predicted molar refractivity (Wildman–Crippen MR) is 112 cm³/mol. The standard InChI is InChI=1S/C21H19ClN4O3/c1-2-29-17-9-7-14(8-10-17)21(28)23-13-19(27)26-24-12-16-11-15-5-3-4-6-18(15)25-20(16)22/h3-12H,2,13H2,1H3,(H,23,28)(H,26,27)/b24-12-. The van der Waals surface area contributed by atoms with E-state index in [0.717, 1.165) is 10.9 Å². The number of hydrogen-bond acceptors (Lipinski definition) is 5. The van der Waals surface area contributed by atoms with Crippen molar-refractivity contribution in [3.05, 3.63) is 70.9 Å². The Morgan fingerprint density at radius 1 is 1.17 bits per heavy atom. The highest BCUT2D eigenvalue weighted by Crippen LogP contribution is 2.18. The number of para-hydroxylation sites is 1. The van der Waals surface area contributed by atoms with Gasteiger partial charge in [0.2, 0.25) is 0 Å². The average molecular weight is 411 g/mol. The molecule has 0 aliphatic carbocycles. The number of halogens is 1. The number of rotatable bonds is 7. The topological polar surface area (TPSA) is 92.7 Å². The summed E-state index contributed by atoms with van der Waals surface area (Å²) in [4.78, 5) is 28.3. The number of benzene rings is 2. The Labute approximate surface area is 172 Å². The zero-order valence-electron chi connectivity index (χ0n) is 15.7. The third-order valence-electron chi connectivity index (χ3n) is 3.93. The van der Waals surface area contributed by atoms with Gasteiger partial charge in [-0.1, -0.05) is 29.8 Å². The smallest absolute Gasteiger partial charge is 0.259 e. The molecular weight excluding hydrogens is 392 g/mol. The molecule has 2 aromatic carbocycles. The minimum absolute atomic E-state index is 0.215. The van der Waals surface area contributed by atoms with E-state index in [1.54, 1.807) is 24.3 Å². The molecule has 2 N–H and O–H groups in total. The van der Waals surface area contributed by atoms with Crippen molar-refractivity contribution in [1.29, 1.82) is 0 Å². The van der Waals surface area contributed by atoms with Crippen LogP contribution in [0.1, 0.15) is 22.8 Å². The molecule has 7 nitrogen and oxygen atoms in total. The first-order valence-electron chi connectivity index (χ1n) is 8.95. The normalized spacial score (nSPS) is 10.8. The predicted octanol–water partition coefficient (Wildman–Crippen LogP) is 3.17. The number of ether oxygens (including phenoxy) is 1. The van der Waals surface area contributed by atoms with Gasteiger partial charge in [-0.15, -0.1) is 0 Å². The van der Waals surface area contributed by atoms with E-state index in [0.29, 0.717) is 23.5 Å². The van der Waals surface area contributed by atoms with Crippen LogP contribution in [-0.2, 0) is 4.79 Å². The third kappa shape index (κ3) is 5.52. The monoisotopic (exact) mass is 410 g/mol. The van der Waals surface area contributed by atoms with Crippen LogP contribution in [0.25, 0.3) is 10.9 Å². The van der Waals surface area contributed by atoms with Crippen LogP contribution in [0.5, 0.6) is 5.75 Å². The van der Waals surface area contributed by atoms with Gasteiger partial charge >= 0.3 is 0 Å². The zero-order valence-corrected chi connectivity index (χ0v) is 16.4. The molecule has 148 valence electrons. The lowest BCUT2D eigenvalue weighted by Gasteiger charge is -2.06. The molecule has 0 unspecified atom stereocenters. The van der Waals surface area contributed by atoms with Crippen LogP contribution < -0.4 is 15.5 Å². The van der Waals surface area contributed by atoms with Crippen molar-refractivity contribution < 1.29 is 14.3 Å². The zero-order chi connectivity index (χ0) is 20.6. The number of amides is 2. The number of carbonyl (C=O) groups is 2. The Hall–Kier alpha value is -3.45. The summed E-state index contributed by atoms with van der Waals surface area (Å²) in [6, 6.07) is 16.0. The van der Waals surface area contributed by atoms with Gasteiger partial charge in [0.1, 0.15) is 10.9 Å². The number of hydrazone groups is 1. The number of carbonyl (C=O) groups excluding carboxylic acids is 2. The molecule has 3 rings (SSSR count). The van der Waals surface area contributed by atoms with Gasteiger partial charge in [-0.05, 0) is 43.3 Å². The van der Waals surface area contributed by atoms with Crippen LogP contribution in [0, 0.1) is 0 Å². The maximum absolute atomic E-state index is 12.1. The maximum Gasteiger partial charge on any atom is 0.259 e. The van der Waals surface area contributed by atoms with E-state index in [1.807, 2.05) is 37.3 Å². The van der Waals surface area contributed by atoms with Crippen molar-refractivity contribution in [2.24, 2.45) is 5.10 Å². The lowest BCUT2D eigenvalue weighted by molar-refractivity contribution is -0.120. The average Bonchev–Trinajstić information content (AvgIpc) is 2.73. The Morgan fingerprint density at radius 2 is 1.93 bits per heavy atom. The van der Waals surface area contributed by atoms with E-state index < -0.39 is 5.91 Å². The molecule has 0 fully saturated rings. The van der Waals surface area contributed by atoms with Crippen LogP contribution in [0.3, 0.4) is 0 Å². The van der Waals surface area contributed by atoms with Gasteiger partial charge in [-0.3, -0.25) is 9.59 Å². The fourth-order valence-electron chi connectivity index (χ4n) is 2.54. The first-order chi connectivity index (χ1) is 14.1. The Kier molecular flexibility index (Phi) is 6.76. The molecule has 1 heterocycles. The highest BCUT2D eigenvalue weighted by atomic mass is 35.5. The van der Waals surface area contributed by atoms with Gasteiger partial charge < -0.3 is 10.1 Å². The maximum atomic E-state index is 12.1. The van der Waals surface area contributed by atoms with Crippen molar-refractivity contribution >= 4 is 40.5 Å². The van der Waals surface area contributed by atoms with E-state index in [9.17, 15) is 9.59 Å². The molecule has 1 aromatic heterocycles. The summed E-state index contributed by atoms with van der Waals surface area (Å²) in [5, 5.41) is 7.60. The van der Waals surface area contributed by atoms with Gasteiger partial charge in [0.05, 0.1) is 24.9 Å². The summed E-state index contributed by atoms with van der Waals surface area (Å²) >= 11 is 6.14. The van der Waals surface area contributed by atoms with Crippen LogP contribution in [-0.4, -0.2) is 36.2 Å². The number of nitrogens with one attached hydrogen (secondary N) is 2. The lowest BCUT2D eigenvalue weighted by atomic mass is 10.2. The Morgan fingerprint density at radius 3 is 2.69 bits per heavy atom. The van der Waals surface area contributed by atoms with E-state index >= 15 is 0 Å². The molecule has 0 saturated heterocycles. The highest BCUT2D eigenvalue weighted by molar-refractivity contribution is 6.32. The van der Waals surface area contributed by atoms with Crippen molar-refractivity contribution in [3.63, 3.8) is 0 Å². The number of nitrogens with zero attached hydrogens (tertiary/aromatic N) is 2. The second-order valence-electron chi connectivity index (χ2n) is 5.99. The lowest BCUT2D eigenvalue weighted by Crippen LogP contribution is -2.34. The highest BCUT2D eigenvalue weighted by Gasteiger charge is 2.08. The molecule has 0 aliphatic rings. The van der Waals surface area contributed by atoms with Crippen molar-refractivity contribution in [3.8, 4) is 5.75 Å². The number of pyridine rings is 1. The summed E-state index contributed by atoms with van der Waals surface area (Å²) < 4.78 is 5.33. The van der Waals surface area contributed by atoms with Crippen molar-refractivity contribution in [1.82, 2.24) is 15.7 Å². The summed E-state index contributed by atoms with van der Waals surface area (Å²) in [5.41, 5.74) is 4.12. The summed E-state index contributed by atoms with van der Waals surface area (Å²) in [6.45, 7) is 2.21. The molecular formula is C21H19ClN4O3. The molecule has 0 radical (unpaired) electrons.